The maximum atomic E-state index is 4.64. The van der Waals surface area contributed by atoms with Crippen LogP contribution in [0.15, 0.2) is 18.2 Å². The fourth-order valence-corrected chi connectivity index (χ4v) is 2.63. The van der Waals surface area contributed by atoms with Crippen molar-refractivity contribution in [3.8, 4) is 0 Å². The Bertz CT molecular complexity index is 376. The first-order chi connectivity index (χ1) is 8.69. The van der Waals surface area contributed by atoms with Crippen molar-refractivity contribution in [3.05, 3.63) is 23.9 Å². The van der Waals surface area contributed by atoms with Crippen LogP contribution in [-0.4, -0.2) is 29.5 Å². The largest absolute Gasteiger partial charge is 0.370 e. The standard InChI is InChI=1S/C15H25N3/c1-4-16-15-7-5-6-14(17-15)11-18-9-8-13(10-18)12(2)3/h5-7,12-13H,4,8-11H2,1-3H3,(H,16,17). The number of anilines is 1. The van der Waals surface area contributed by atoms with Gasteiger partial charge in [0.2, 0.25) is 0 Å². The van der Waals surface area contributed by atoms with Crippen LogP contribution in [0.1, 0.15) is 32.9 Å². The number of rotatable bonds is 5. The van der Waals surface area contributed by atoms with E-state index >= 15 is 0 Å². The molecule has 1 fully saturated rings. The lowest BCUT2D eigenvalue weighted by atomic mass is 9.95. The van der Waals surface area contributed by atoms with Crippen molar-refractivity contribution in [2.24, 2.45) is 11.8 Å². The Morgan fingerprint density at radius 1 is 1.44 bits per heavy atom. The van der Waals surface area contributed by atoms with Crippen molar-refractivity contribution in [2.75, 3.05) is 25.0 Å². The number of likely N-dealkylation sites (tertiary alicyclic amines) is 1. The Kier molecular flexibility index (Phi) is 4.59. The molecule has 100 valence electrons. The van der Waals surface area contributed by atoms with E-state index in [1.54, 1.807) is 0 Å². The molecule has 1 aliphatic heterocycles. The van der Waals surface area contributed by atoms with Gasteiger partial charge in [-0.3, -0.25) is 4.90 Å². The predicted molar refractivity (Wildman–Crippen MR) is 76.6 cm³/mol. The van der Waals surface area contributed by atoms with Gasteiger partial charge in [-0.2, -0.15) is 0 Å². The summed E-state index contributed by atoms with van der Waals surface area (Å²) in [5, 5.41) is 3.27. The molecule has 1 saturated heterocycles. The van der Waals surface area contributed by atoms with Crippen LogP contribution < -0.4 is 5.32 Å². The summed E-state index contributed by atoms with van der Waals surface area (Å²) >= 11 is 0. The van der Waals surface area contributed by atoms with Crippen LogP contribution in [0.5, 0.6) is 0 Å². The average Bonchev–Trinajstić information content (AvgIpc) is 2.78. The Hall–Kier alpha value is -1.09. The number of aromatic nitrogens is 1. The highest BCUT2D eigenvalue weighted by Crippen LogP contribution is 2.24. The highest BCUT2D eigenvalue weighted by molar-refractivity contribution is 5.34. The van der Waals surface area contributed by atoms with Crippen LogP contribution in [0.3, 0.4) is 0 Å². The van der Waals surface area contributed by atoms with Gasteiger partial charge in [-0.15, -0.1) is 0 Å². The Morgan fingerprint density at radius 3 is 2.94 bits per heavy atom. The quantitative estimate of drug-likeness (QED) is 0.867. The van der Waals surface area contributed by atoms with Crippen molar-refractivity contribution in [1.29, 1.82) is 0 Å². The molecule has 18 heavy (non-hydrogen) atoms. The van der Waals surface area contributed by atoms with Crippen LogP contribution in [0.25, 0.3) is 0 Å². The third-order valence-electron chi connectivity index (χ3n) is 3.80. The van der Waals surface area contributed by atoms with Crippen LogP contribution in [0.4, 0.5) is 5.82 Å². The predicted octanol–water partition coefficient (Wildman–Crippen LogP) is 2.99. The van der Waals surface area contributed by atoms with Crippen molar-refractivity contribution >= 4 is 5.82 Å². The van der Waals surface area contributed by atoms with Gasteiger partial charge in [0.05, 0.1) is 5.69 Å². The molecule has 0 aromatic carbocycles. The molecule has 3 nitrogen and oxygen atoms in total. The van der Waals surface area contributed by atoms with Gasteiger partial charge in [-0.05, 0) is 43.9 Å². The van der Waals surface area contributed by atoms with Gasteiger partial charge in [-0.1, -0.05) is 19.9 Å². The highest BCUT2D eigenvalue weighted by Gasteiger charge is 2.24. The lowest BCUT2D eigenvalue weighted by molar-refractivity contribution is 0.294. The second-order valence-corrected chi connectivity index (χ2v) is 5.57. The molecule has 0 saturated carbocycles. The monoisotopic (exact) mass is 247 g/mol. The van der Waals surface area contributed by atoms with Crippen molar-refractivity contribution in [2.45, 2.75) is 33.7 Å². The molecule has 0 aliphatic carbocycles. The molecular formula is C15H25N3. The lowest BCUT2D eigenvalue weighted by Crippen LogP contribution is -2.22. The van der Waals surface area contributed by atoms with Gasteiger partial charge in [0, 0.05) is 19.6 Å². The first-order valence-corrected chi connectivity index (χ1v) is 7.11. The first-order valence-electron chi connectivity index (χ1n) is 7.11. The van der Waals surface area contributed by atoms with Gasteiger partial charge in [-0.25, -0.2) is 4.98 Å². The number of hydrogen-bond acceptors (Lipinski definition) is 3. The number of nitrogens with one attached hydrogen (secondary N) is 1. The number of hydrogen-bond donors (Lipinski definition) is 1. The second-order valence-electron chi connectivity index (χ2n) is 5.57. The van der Waals surface area contributed by atoms with Crippen molar-refractivity contribution in [1.82, 2.24) is 9.88 Å². The molecule has 0 amide bonds. The van der Waals surface area contributed by atoms with E-state index < -0.39 is 0 Å². The number of nitrogens with zero attached hydrogens (tertiary/aromatic N) is 2. The van der Waals surface area contributed by atoms with Gasteiger partial charge < -0.3 is 5.32 Å². The van der Waals surface area contributed by atoms with E-state index in [-0.39, 0.29) is 0 Å². The molecule has 1 aromatic rings. The zero-order valence-corrected chi connectivity index (χ0v) is 11.8. The fourth-order valence-electron chi connectivity index (χ4n) is 2.63. The minimum absolute atomic E-state index is 0.802. The van der Waals surface area contributed by atoms with E-state index in [0.29, 0.717) is 0 Å². The molecule has 0 spiro atoms. The molecule has 1 aromatic heterocycles. The van der Waals surface area contributed by atoms with E-state index in [4.69, 9.17) is 0 Å². The minimum Gasteiger partial charge on any atom is -0.370 e. The summed E-state index contributed by atoms with van der Waals surface area (Å²) in [6.07, 6.45) is 1.34. The van der Waals surface area contributed by atoms with Crippen LogP contribution in [0, 0.1) is 11.8 Å². The fraction of sp³-hybridized carbons (Fsp3) is 0.667. The van der Waals surface area contributed by atoms with E-state index in [0.717, 1.165) is 30.7 Å². The lowest BCUT2D eigenvalue weighted by Gasteiger charge is -2.17. The summed E-state index contributed by atoms with van der Waals surface area (Å²) in [5.41, 5.74) is 1.18. The molecule has 1 N–H and O–H groups in total. The zero-order chi connectivity index (χ0) is 13.0. The molecule has 1 unspecified atom stereocenters. The van der Waals surface area contributed by atoms with Crippen molar-refractivity contribution < 1.29 is 0 Å². The summed E-state index contributed by atoms with van der Waals surface area (Å²) in [7, 11) is 0. The summed E-state index contributed by atoms with van der Waals surface area (Å²) in [6.45, 7) is 11.1. The Morgan fingerprint density at radius 2 is 2.28 bits per heavy atom. The smallest absolute Gasteiger partial charge is 0.126 e. The summed E-state index contributed by atoms with van der Waals surface area (Å²) in [4.78, 5) is 7.17. The zero-order valence-electron chi connectivity index (χ0n) is 11.8. The van der Waals surface area contributed by atoms with Crippen LogP contribution >= 0.6 is 0 Å². The first kappa shape index (κ1) is 13.3. The highest BCUT2D eigenvalue weighted by atomic mass is 15.2. The number of pyridine rings is 1. The van der Waals surface area contributed by atoms with Gasteiger partial charge in [0.25, 0.3) is 0 Å². The van der Waals surface area contributed by atoms with Gasteiger partial charge in [0.15, 0.2) is 0 Å². The molecular weight excluding hydrogens is 222 g/mol. The SMILES string of the molecule is CCNc1cccc(CN2CCC(C(C)C)C2)n1. The molecule has 1 aliphatic rings. The van der Waals surface area contributed by atoms with E-state index in [1.165, 1.54) is 25.2 Å². The molecule has 2 rings (SSSR count). The molecule has 1 atom stereocenters. The van der Waals surface area contributed by atoms with Gasteiger partial charge >= 0.3 is 0 Å². The third-order valence-corrected chi connectivity index (χ3v) is 3.80. The third kappa shape index (κ3) is 3.45. The topological polar surface area (TPSA) is 28.2 Å². The average molecular weight is 247 g/mol. The van der Waals surface area contributed by atoms with Crippen LogP contribution in [0.2, 0.25) is 0 Å². The molecule has 0 bridgehead atoms. The minimum atomic E-state index is 0.802. The molecule has 0 radical (unpaired) electrons. The normalized spacial score (nSPS) is 20.6. The summed E-state index contributed by atoms with van der Waals surface area (Å²) in [5.74, 6) is 2.66. The van der Waals surface area contributed by atoms with E-state index in [2.05, 4.69) is 48.1 Å². The maximum Gasteiger partial charge on any atom is 0.126 e. The van der Waals surface area contributed by atoms with Crippen molar-refractivity contribution in [3.63, 3.8) is 0 Å². The maximum absolute atomic E-state index is 4.64. The Balaban J connectivity index is 1.92. The van der Waals surface area contributed by atoms with E-state index in [9.17, 15) is 0 Å². The van der Waals surface area contributed by atoms with Gasteiger partial charge in [0.1, 0.15) is 5.82 Å². The summed E-state index contributed by atoms with van der Waals surface area (Å²) in [6, 6.07) is 6.26. The Labute approximate surface area is 111 Å². The second kappa shape index (κ2) is 6.19. The molecule has 3 heteroatoms. The molecule has 2 heterocycles. The summed E-state index contributed by atoms with van der Waals surface area (Å²) < 4.78 is 0. The van der Waals surface area contributed by atoms with Crippen LogP contribution in [-0.2, 0) is 6.54 Å². The van der Waals surface area contributed by atoms with E-state index in [1.807, 2.05) is 6.07 Å².